The number of amides is 2. The van der Waals surface area contributed by atoms with Gasteiger partial charge in [-0.2, -0.15) is 4.31 Å². The van der Waals surface area contributed by atoms with Crippen LogP contribution in [-0.4, -0.2) is 65.9 Å². The maximum Gasteiger partial charge on any atom is 0.241 e. The van der Waals surface area contributed by atoms with Crippen LogP contribution in [0.15, 0.2) is 18.3 Å². The highest BCUT2D eigenvalue weighted by molar-refractivity contribution is 7.89. The first-order valence-corrected chi connectivity index (χ1v) is 12.5. The number of hydrogen-bond donors (Lipinski definition) is 1. The third kappa shape index (κ3) is 5.50. The SMILES string of the molecule is CCCS(=O)(=O)N1CCCCC1C(=O)N1CCCC(C(=O)Nc2ccc(Cl)cn2)C1. The van der Waals surface area contributed by atoms with Crippen LogP contribution in [0.2, 0.25) is 5.02 Å². The second kappa shape index (κ2) is 10.1. The highest BCUT2D eigenvalue weighted by Crippen LogP contribution is 2.26. The van der Waals surface area contributed by atoms with Gasteiger partial charge in [0.2, 0.25) is 21.8 Å². The van der Waals surface area contributed by atoms with Gasteiger partial charge >= 0.3 is 0 Å². The van der Waals surface area contributed by atoms with Gasteiger partial charge in [-0.1, -0.05) is 24.9 Å². The predicted molar refractivity (Wildman–Crippen MR) is 116 cm³/mol. The van der Waals surface area contributed by atoms with Crippen molar-refractivity contribution < 1.29 is 18.0 Å². The Morgan fingerprint density at radius 2 is 2.00 bits per heavy atom. The molecule has 2 aliphatic rings. The molecule has 0 aliphatic carbocycles. The second-order valence-electron chi connectivity index (χ2n) is 7.91. The predicted octanol–water partition coefficient (Wildman–Crippen LogP) is 2.51. The molecule has 1 N–H and O–H groups in total. The zero-order valence-corrected chi connectivity index (χ0v) is 18.8. The van der Waals surface area contributed by atoms with Crippen LogP contribution in [0.1, 0.15) is 45.4 Å². The number of rotatable bonds is 6. The van der Waals surface area contributed by atoms with Crippen molar-refractivity contribution >= 4 is 39.3 Å². The van der Waals surface area contributed by atoms with Gasteiger partial charge in [0.25, 0.3) is 0 Å². The van der Waals surface area contributed by atoms with E-state index in [-0.39, 0.29) is 30.0 Å². The lowest BCUT2D eigenvalue weighted by molar-refractivity contribution is -0.139. The molecule has 0 saturated carbocycles. The summed E-state index contributed by atoms with van der Waals surface area (Å²) in [5.41, 5.74) is 0. The van der Waals surface area contributed by atoms with Gasteiger partial charge in [0.15, 0.2) is 0 Å². The van der Waals surface area contributed by atoms with E-state index in [1.54, 1.807) is 17.0 Å². The fourth-order valence-electron chi connectivity index (χ4n) is 4.14. The van der Waals surface area contributed by atoms with Gasteiger partial charge in [-0.3, -0.25) is 9.59 Å². The molecule has 0 radical (unpaired) electrons. The summed E-state index contributed by atoms with van der Waals surface area (Å²) in [4.78, 5) is 31.7. The van der Waals surface area contributed by atoms with Gasteiger partial charge in [0.05, 0.1) is 16.7 Å². The Bertz CT molecular complexity index is 862. The van der Waals surface area contributed by atoms with E-state index < -0.39 is 16.1 Å². The van der Waals surface area contributed by atoms with Crippen LogP contribution in [0, 0.1) is 5.92 Å². The van der Waals surface area contributed by atoms with E-state index in [4.69, 9.17) is 11.6 Å². The number of piperidine rings is 2. The van der Waals surface area contributed by atoms with E-state index >= 15 is 0 Å². The molecule has 2 saturated heterocycles. The van der Waals surface area contributed by atoms with E-state index in [1.807, 2.05) is 6.92 Å². The first-order chi connectivity index (χ1) is 14.3. The van der Waals surface area contributed by atoms with Gasteiger partial charge in [-0.15, -0.1) is 0 Å². The number of aromatic nitrogens is 1. The molecule has 1 aromatic heterocycles. The molecular weight excluding hydrogens is 428 g/mol. The topological polar surface area (TPSA) is 99.7 Å². The Kier molecular flexibility index (Phi) is 7.70. The molecule has 3 heterocycles. The highest BCUT2D eigenvalue weighted by Gasteiger charge is 2.40. The largest absolute Gasteiger partial charge is 0.341 e. The maximum absolute atomic E-state index is 13.2. The van der Waals surface area contributed by atoms with Gasteiger partial charge in [-0.25, -0.2) is 13.4 Å². The monoisotopic (exact) mass is 456 g/mol. The van der Waals surface area contributed by atoms with E-state index in [1.165, 1.54) is 10.5 Å². The Morgan fingerprint density at radius 3 is 2.70 bits per heavy atom. The van der Waals surface area contributed by atoms with Gasteiger partial charge < -0.3 is 10.2 Å². The summed E-state index contributed by atoms with van der Waals surface area (Å²) < 4.78 is 26.7. The number of anilines is 1. The molecule has 2 unspecified atom stereocenters. The number of nitrogens with one attached hydrogen (secondary N) is 1. The zero-order chi connectivity index (χ0) is 21.7. The number of sulfonamides is 1. The number of pyridine rings is 1. The highest BCUT2D eigenvalue weighted by atomic mass is 35.5. The molecule has 1 aromatic rings. The van der Waals surface area contributed by atoms with Crippen LogP contribution < -0.4 is 5.32 Å². The molecule has 8 nitrogen and oxygen atoms in total. The Balaban J connectivity index is 1.66. The molecule has 0 spiro atoms. The first kappa shape index (κ1) is 23.0. The molecule has 30 heavy (non-hydrogen) atoms. The summed E-state index contributed by atoms with van der Waals surface area (Å²) in [6, 6.07) is 2.62. The van der Waals surface area contributed by atoms with Crippen LogP contribution >= 0.6 is 11.6 Å². The molecule has 0 aromatic carbocycles. The standard InChI is InChI=1S/C20H29ClN4O4S/c1-2-12-30(28,29)25-11-4-3-7-17(25)20(27)24-10-5-6-15(14-24)19(26)23-18-9-8-16(21)13-22-18/h8-9,13,15,17H,2-7,10-12,14H2,1H3,(H,22,23,26). The lowest BCUT2D eigenvalue weighted by Crippen LogP contribution is -2.55. The second-order valence-corrected chi connectivity index (χ2v) is 10.4. The summed E-state index contributed by atoms with van der Waals surface area (Å²) in [7, 11) is -3.45. The van der Waals surface area contributed by atoms with E-state index in [0.29, 0.717) is 49.6 Å². The lowest BCUT2D eigenvalue weighted by Gasteiger charge is -2.39. The summed E-state index contributed by atoms with van der Waals surface area (Å²) in [6.45, 7) is 3.04. The normalized spacial score (nSPS) is 23.2. The van der Waals surface area contributed by atoms with Crippen molar-refractivity contribution in [3.8, 4) is 0 Å². The van der Waals surface area contributed by atoms with Gasteiger partial charge in [0.1, 0.15) is 11.9 Å². The number of hydrogen-bond acceptors (Lipinski definition) is 5. The minimum absolute atomic E-state index is 0.0515. The van der Waals surface area contributed by atoms with Crippen LogP contribution in [0.3, 0.4) is 0 Å². The van der Waals surface area contributed by atoms with Crippen LogP contribution in [0.5, 0.6) is 0 Å². The third-order valence-corrected chi connectivity index (χ3v) is 7.94. The summed E-state index contributed by atoms with van der Waals surface area (Å²) >= 11 is 5.82. The molecule has 3 rings (SSSR count). The number of carbonyl (C=O) groups excluding carboxylic acids is 2. The number of halogens is 1. The van der Waals surface area contributed by atoms with Gasteiger partial charge in [-0.05, 0) is 44.2 Å². The van der Waals surface area contributed by atoms with E-state index in [2.05, 4.69) is 10.3 Å². The molecule has 2 aliphatic heterocycles. The van der Waals surface area contributed by atoms with E-state index in [0.717, 1.165) is 12.8 Å². The quantitative estimate of drug-likeness (QED) is 0.708. The fraction of sp³-hybridized carbons (Fsp3) is 0.650. The Morgan fingerprint density at radius 1 is 1.20 bits per heavy atom. The van der Waals surface area contributed by atoms with Crippen molar-refractivity contribution in [3.05, 3.63) is 23.4 Å². The molecule has 166 valence electrons. The van der Waals surface area contributed by atoms with Gasteiger partial charge in [0, 0.05) is 25.8 Å². The molecule has 10 heteroatoms. The van der Waals surface area contributed by atoms with Crippen molar-refractivity contribution in [3.63, 3.8) is 0 Å². The van der Waals surface area contributed by atoms with E-state index in [9.17, 15) is 18.0 Å². The minimum Gasteiger partial charge on any atom is -0.341 e. The lowest BCUT2D eigenvalue weighted by atomic mass is 9.95. The molecule has 2 amide bonds. The average Bonchev–Trinajstić information content (AvgIpc) is 2.75. The average molecular weight is 457 g/mol. The molecule has 2 fully saturated rings. The summed E-state index contributed by atoms with van der Waals surface area (Å²) in [5, 5.41) is 3.26. The smallest absolute Gasteiger partial charge is 0.241 e. The summed E-state index contributed by atoms with van der Waals surface area (Å²) in [6.07, 6.45) is 5.48. The molecule has 2 atom stereocenters. The van der Waals surface area contributed by atoms with Crippen LogP contribution in [0.25, 0.3) is 0 Å². The van der Waals surface area contributed by atoms with Crippen LogP contribution in [0.4, 0.5) is 5.82 Å². The zero-order valence-electron chi connectivity index (χ0n) is 17.2. The van der Waals surface area contributed by atoms with Crippen molar-refractivity contribution in [1.29, 1.82) is 0 Å². The number of carbonyl (C=O) groups is 2. The minimum atomic E-state index is -3.45. The van der Waals surface area contributed by atoms with Crippen molar-refractivity contribution in [2.45, 2.75) is 51.5 Å². The van der Waals surface area contributed by atoms with Crippen molar-refractivity contribution in [2.24, 2.45) is 5.92 Å². The fourth-order valence-corrected chi connectivity index (χ4v) is 5.99. The Labute approximate surface area is 183 Å². The van der Waals surface area contributed by atoms with Crippen LogP contribution in [-0.2, 0) is 19.6 Å². The first-order valence-electron chi connectivity index (χ1n) is 10.5. The Hall–Kier alpha value is -1.71. The van der Waals surface area contributed by atoms with Crippen molar-refractivity contribution in [2.75, 3.05) is 30.7 Å². The summed E-state index contributed by atoms with van der Waals surface area (Å²) in [5.74, 6) is -0.269. The number of nitrogens with zero attached hydrogens (tertiary/aromatic N) is 3. The number of likely N-dealkylation sites (tertiary alicyclic amines) is 1. The third-order valence-electron chi connectivity index (χ3n) is 5.64. The molecular formula is C20H29ClN4O4S. The van der Waals surface area contributed by atoms with Crippen molar-refractivity contribution in [1.82, 2.24) is 14.2 Å². The maximum atomic E-state index is 13.2. The molecule has 0 bridgehead atoms.